The minimum absolute atomic E-state index is 0.137. The predicted molar refractivity (Wildman–Crippen MR) is 99.5 cm³/mol. The molecule has 0 atom stereocenters. The van der Waals surface area contributed by atoms with E-state index in [1.807, 2.05) is 42.5 Å². The molecule has 0 saturated carbocycles. The summed E-state index contributed by atoms with van der Waals surface area (Å²) in [6, 6.07) is 13.6. The average Bonchev–Trinajstić information content (AvgIpc) is 3.12. The Labute approximate surface area is 152 Å². The van der Waals surface area contributed by atoms with Gasteiger partial charge in [-0.1, -0.05) is 30.3 Å². The average molecular weight is 372 g/mol. The third-order valence-electron chi connectivity index (χ3n) is 4.60. The number of benzene rings is 1. The molecule has 2 aromatic heterocycles. The van der Waals surface area contributed by atoms with E-state index in [4.69, 9.17) is 5.10 Å². The fraction of sp³-hybridized carbons (Fsp3) is 0.353. The lowest BCUT2D eigenvalue weighted by atomic mass is 10.2. The van der Waals surface area contributed by atoms with E-state index in [0.29, 0.717) is 37.7 Å². The lowest BCUT2D eigenvalue weighted by Crippen LogP contribution is -2.49. The maximum absolute atomic E-state index is 12.0. The molecular formula is C17H20N6O2S. The van der Waals surface area contributed by atoms with E-state index in [2.05, 4.69) is 15.1 Å². The van der Waals surface area contributed by atoms with Crippen molar-refractivity contribution in [2.45, 2.75) is 6.92 Å². The van der Waals surface area contributed by atoms with Crippen LogP contribution in [0.1, 0.15) is 6.92 Å². The second-order valence-electron chi connectivity index (χ2n) is 6.14. The molecule has 1 aliphatic rings. The monoisotopic (exact) mass is 372 g/mol. The van der Waals surface area contributed by atoms with Gasteiger partial charge in [0.05, 0.1) is 5.75 Å². The van der Waals surface area contributed by atoms with Gasteiger partial charge in [-0.05, 0) is 19.1 Å². The lowest BCUT2D eigenvalue weighted by molar-refractivity contribution is 0.384. The molecule has 1 aromatic carbocycles. The first kappa shape index (κ1) is 16.9. The molecule has 1 saturated heterocycles. The summed E-state index contributed by atoms with van der Waals surface area (Å²) in [6.07, 6.45) is 0. The molecule has 4 rings (SSSR count). The predicted octanol–water partition coefficient (Wildman–Crippen LogP) is 1.26. The number of rotatable bonds is 4. The van der Waals surface area contributed by atoms with Gasteiger partial charge in [-0.2, -0.15) is 8.82 Å². The minimum atomic E-state index is -3.13. The Balaban J connectivity index is 1.61. The first-order valence-electron chi connectivity index (χ1n) is 8.59. The van der Waals surface area contributed by atoms with E-state index in [1.54, 1.807) is 15.7 Å². The quantitative estimate of drug-likeness (QED) is 0.686. The zero-order valence-corrected chi connectivity index (χ0v) is 15.3. The Hall–Kier alpha value is -2.52. The van der Waals surface area contributed by atoms with Gasteiger partial charge in [0.1, 0.15) is 5.82 Å². The Morgan fingerprint density at radius 3 is 2.38 bits per heavy atom. The minimum Gasteiger partial charge on any atom is -0.353 e. The van der Waals surface area contributed by atoms with Crippen LogP contribution >= 0.6 is 0 Å². The van der Waals surface area contributed by atoms with Gasteiger partial charge in [-0.25, -0.2) is 8.42 Å². The zero-order chi connectivity index (χ0) is 18.1. The molecule has 3 heterocycles. The highest BCUT2D eigenvalue weighted by Gasteiger charge is 2.26. The van der Waals surface area contributed by atoms with Crippen LogP contribution in [0.15, 0.2) is 42.5 Å². The van der Waals surface area contributed by atoms with Crippen molar-refractivity contribution >= 4 is 21.5 Å². The van der Waals surface area contributed by atoms with Gasteiger partial charge >= 0.3 is 0 Å². The molecule has 0 N–H and O–H groups in total. The molecule has 136 valence electrons. The van der Waals surface area contributed by atoms with Crippen molar-refractivity contribution in [1.82, 2.24) is 24.1 Å². The van der Waals surface area contributed by atoms with Gasteiger partial charge in [0.25, 0.3) is 0 Å². The second-order valence-corrected chi connectivity index (χ2v) is 8.40. The lowest BCUT2D eigenvalue weighted by Gasteiger charge is -2.34. The van der Waals surface area contributed by atoms with Gasteiger partial charge < -0.3 is 4.90 Å². The summed E-state index contributed by atoms with van der Waals surface area (Å²) < 4.78 is 27.3. The molecule has 0 unspecified atom stereocenters. The van der Waals surface area contributed by atoms with Crippen LogP contribution in [0.3, 0.4) is 0 Å². The van der Waals surface area contributed by atoms with E-state index in [0.717, 1.165) is 11.4 Å². The number of hydrogen-bond donors (Lipinski definition) is 0. The van der Waals surface area contributed by atoms with Gasteiger partial charge in [0.15, 0.2) is 11.5 Å². The summed E-state index contributed by atoms with van der Waals surface area (Å²) in [5.74, 6) is 1.62. The van der Waals surface area contributed by atoms with E-state index < -0.39 is 10.0 Å². The van der Waals surface area contributed by atoms with E-state index in [-0.39, 0.29) is 5.75 Å². The molecule has 1 aliphatic heterocycles. The molecule has 0 aliphatic carbocycles. The molecule has 0 amide bonds. The van der Waals surface area contributed by atoms with Crippen LogP contribution in [-0.4, -0.2) is 64.5 Å². The number of fused-ring (bicyclic) bond motifs is 1. The summed E-state index contributed by atoms with van der Waals surface area (Å²) in [6.45, 7) is 3.85. The van der Waals surface area contributed by atoms with E-state index in [1.165, 1.54) is 0 Å². The molecular weight excluding hydrogens is 352 g/mol. The highest BCUT2D eigenvalue weighted by molar-refractivity contribution is 7.89. The number of anilines is 1. The van der Waals surface area contributed by atoms with E-state index >= 15 is 0 Å². The Morgan fingerprint density at radius 1 is 0.962 bits per heavy atom. The fourth-order valence-corrected chi connectivity index (χ4v) is 4.18. The zero-order valence-electron chi connectivity index (χ0n) is 14.5. The highest BCUT2D eigenvalue weighted by Crippen LogP contribution is 2.20. The number of nitrogens with zero attached hydrogens (tertiary/aromatic N) is 6. The van der Waals surface area contributed by atoms with Gasteiger partial charge in [0, 0.05) is 31.7 Å². The Morgan fingerprint density at radius 2 is 1.69 bits per heavy atom. The standard InChI is InChI=1S/C17H20N6O2S/c1-2-26(24,25)22-12-10-21(11-13-22)16-9-8-15-18-19-17(23(15)20-16)14-6-4-3-5-7-14/h3-9H,2,10-13H2,1H3. The van der Waals surface area contributed by atoms with Gasteiger partial charge in [0.2, 0.25) is 10.0 Å². The summed E-state index contributed by atoms with van der Waals surface area (Å²) in [7, 11) is -3.13. The fourth-order valence-electron chi connectivity index (χ4n) is 3.09. The van der Waals surface area contributed by atoms with Crippen molar-refractivity contribution in [2.75, 3.05) is 36.8 Å². The first-order chi connectivity index (χ1) is 12.6. The van der Waals surface area contributed by atoms with Crippen LogP contribution in [0, 0.1) is 0 Å². The van der Waals surface area contributed by atoms with Crippen LogP contribution in [0.5, 0.6) is 0 Å². The molecule has 0 radical (unpaired) electrons. The van der Waals surface area contributed by atoms with Gasteiger partial charge in [-0.15, -0.1) is 15.3 Å². The molecule has 8 nitrogen and oxygen atoms in total. The first-order valence-corrected chi connectivity index (χ1v) is 10.2. The summed E-state index contributed by atoms with van der Waals surface area (Å²) >= 11 is 0. The van der Waals surface area contributed by atoms with Crippen LogP contribution in [0.25, 0.3) is 17.0 Å². The van der Waals surface area contributed by atoms with Crippen molar-refractivity contribution < 1.29 is 8.42 Å². The van der Waals surface area contributed by atoms with Crippen molar-refractivity contribution in [3.63, 3.8) is 0 Å². The highest BCUT2D eigenvalue weighted by atomic mass is 32.2. The number of aromatic nitrogens is 4. The normalized spacial score (nSPS) is 16.3. The second kappa shape index (κ2) is 6.65. The van der Waals surface area contributed by atoms with Crippen LogP contribution in [0.4, 0.5) is 5.82 Å². The molecule has 0 spiro atoms. The van der Waals surface area contributed by atoms with Crippen LogP contribution in [-0.2, 0) is 10.0 Å². The number of sulfonamides is 1. The van der Waals surface area contributed by atoms with Crippen molar-refractivity contribution in [3.8, 4) is 11.4 Å². The summed E-state index contributed by atoms with van der Waals surface area (Å²) in [5.41, 5.74) is 1.63. The number of piperazine rings is 1. The van der Waals surface area contributed by atoms with Gasteiger partial charge in [-0.3, -0.25) is 0 Å². The van der Waals surface area contributed by atoms with E-state index in [9.17, 15) is 8.42 Å². The summed E-state index contributed by atoms with van der Waals surface area (Å²) in [5, 5.41) is 13.1. The third-order valence-corrected chi connectivity index (χ3v) is 6.48. The van der Waals surface area contributed by atoms with Crippen LogP contribution < -0.4 is 4.90 Å². The Kier molecular flexibility index (Phi) is 4.33. The molecule has 1 fully saturated rings. The molecule has 0 bridgehead atoms. The maximum atomic E-state index is 12.0. The topological polar surface area (TPSA) is 83.7 Å². The largest absolute Gasteiger partial charge is 0.353 e. The smallest absolute Gasteiger partial charge is 0.213 e. The summed E-state index contributed by atoms with van der Waals surface area (Å²) in [4.78, 5) is 2.09. The van der Waals surface area contributed by atoms with Crippen molar-refractivity contribution in [1.29, 1.82) is 0 Å². The molecule has 9 heteroatoms. The van der Waals surface area contributed by atoms with Crippen molar-refractivity contribution in [3.05, 3.63) is 42.5 Å². The Bertz CT molecular complexity index is 1010. The molecule has 3 aromatic rings. The number of hydrogen-bond acceptors (Lipinski definition) is 6. The SMILES string of the molecule is CCS(=O)(=O)N1CCN(c2ccc3nnc(-c4ccccc4)n3n2)CC1. The maximum Gasteiger partial charge on any atom is 0.213 e. The molecule has 26 heavy (non-hydrogen) atoms. The van der Waals surface area contributed by atoms with Crippen LogP contribution in [0.2, 0.25) is 0 Å². The van der Waals surface area contributed by atoms with Crippen molar-refractivity contribution in [2.24, 2.45) is 0 Å². The third kappa shape index (κ3) is 3.04.